The molecule has 1 spiro atoms. The molecule has 0 aromatic carbocycles. The van der Waals surface area contributed by atoms with Gasteiger partial charge in [-0.25, -0.2) is 4.39 Å². The van der Waals surface area contributed by atoms with Gasteiger partial charge < -0.3 is 14.6 Å². The van der Waals surface area contributed by atoms with Crippen molar-refractivity contribution in [3.8, 4) is 0 Å². The molecule has 1 N–H and O–H groups in total. The number of alkyl halides is 1. The molecule has 1 saturated heterocycles. The van der Waals surface area contributed by atoms with Crippen LogP contribution in [0.2, 0.25) is 0 Å². The van der Waals surface area contributed by atoms with Crippen LogP contribution >= 0.6 is 11.8 Å². The van der Waals surface area contributed by atoms with Crippen LogP contribution in [-0.4, -0.2) is 51.4 Å². The Hall–Kier alpha value is -1.51. The van der Waals surface area contributed by atoms with Crippen molar-refractivity contribution in [1.82, 2.24) is 0 Å². The number of allylic oxidation sites excluding steroid dienone is 2. The maximum Gasteiger partial charge on any atom is 0.306 e. The Kier molecular flexibility index (Phi) is 5.10. The smallest absolute Gasteiger partial charge is 0.306 e. The van der Waals surface area contributed by atoms with Gasteiger partial charge in [-0.15, -0.1) is 0 Å². The zero-order chi connectivity index (χ0) is 24.0. The van der Waals surface area contributed by atoms with Crippen LogP contribution in [0.25, 0.3) is 0 Å². The van der Waals surface area contributed by atoms with E-state index in [-0.39, 0.29) is 47.6 Å². The molecule has 5 aliphatic rings. The van der Waals surface area contributed by atoms with E-state index < -0.39 is 40.1 Å². The number of rotatable bonds is 4. The van der Waals surface area contributed by atoms with Crippen molar-refractivity contribution in [1.29, 1.82) is 0 Å². The zero-order valence-corrected chi connectivity index (χ0v) is 20.2. The standard InChI is InChI=1S/C25H31FO6S/c1-5-20(29)32-24(21(30)33-12-27)13(2)8-15-16-10-18(26)17-9-14(28)6-7-22(17,3)25(16)19(31-25)11-23(15,24)4/h6-7,9,13,15-16,18-19,27H,5,8,10-12H2,1-4H3/t13-,15+,16+,18+,19+,22+,23+,24+,25-/m1/s1. The number of ether oxygens (including phenoxy) is 2. The fourth-order valence-corrected chi connectivity index (χ4v) is 8.88. The van der Waals surface area contributed by atoms with E-state index in [0.717, 1.165) is 11.8 Å². The molecule has 33 heavy (non-hydrogen) atoms. The Labute approximate surface area is 197 Å². The van der Waals surface area contributed by atoms with Gasteiger partial charge in [-0.05, 0) is 55.7 Å². The highest BCUT2D eigenvalue weighted by atomic mass is 32.2. The summed E-state index contributed by atoms with van der Waals surface area (Å²) in [6.45, 7) is 7.55. The highest BCUT2D eigenvalue weighted by molar-refractivity contribution is 8.13. The van der Waals surface area contributed by atoms with Gasteiger partial charge in [0.2, 0.25) is 5.12 Å². The summed E-state index contributed by atoms with van der Waals surface area (Å²) in [6.07, 6.45) is 4.66. The minimum Gasteiger partial charge on any atom is -0.449 e. The molecule has 4 fully saturated rings. The number of aliphatic hydroxyl groups excluding tert-OH is 1. The first-order chi connectivity index (χ1) is 15.5. The van der Waals surface area contributed by atoms with Crippen LogP contribution in [0.15, 0.2) is 23.8 Å². The van der Waals surface area contributed by atoms with Crippen molar-refractivity contribution < 1.29 is 33.4 Å². The second kappa shape index (κ2) is 7.25. The van der Waals surface area contributed by atoms with Crippen molar-refractivity contribution >= 4 is 28.6 Å². The van der Waals surface area contributed by atoms with Crippen LogP contribution in [0.3, 0.4) is 0 Å². The van der Waals surface area contributed by atoms with E-state index in [1.165, 1.54) is 12.2 Å². The van der Waals surface area contributed by atoms with Crippen LogP contribution in [0, 0.1) is 28.6 Å². The molecule has 0 radical (unpaired) electrons. The van der Waals surface area contributed by atoms with E-state index >= 15 is 4.39 Å². The second-order valence-corrected chi connectivity index (χ2v) is 11.7. The summed E-state index contributed by atoms with van der Waals surface area (Å²) in [5, 5.41) is 9.17. The number of epoxide rings is 1. The Morgan fingerprint density at radius 2 is 2.03 bits per heavy atom. The van der Waals surface area contributed by atoms with Gasteiger partial charge in [-0.1, -0.05) is 38.6 Å². The normalized spacial score (nSPS) is 49.3. The van der Waals surface area contributed by atoms with Gasteiger partial charge in [-0.2, -0.15) is 0 Å². The average molecular weight is 479 g/mol. The third kappa shape index (κ3) is 2.66. The molecule has 4 aliphatic carbocycles. The molecular weight excluding hydrogens is 447 g/mol. The number of carbonyl (C=O) groups is 3. The molecule has 1 heterocycles. The quantitative estimate of drug-likeness (QED) is 0.375. The van der Waals surface area contributed by atoms with Gasteiger partial charge in [0.1, 0.15) is 11.8 Å². The number of hydrogen-bond donors (Lipinski definition) is 1. The average Bonchev–Trinajstić information content (AvgIpc) is 3.44. The van der Waals surface area contributed by atoms with Crippen molar-refractivity contribution in [2.45, 2.75) is 76.9 Å². The lowest BCUT2D eigenvalue weighted by Gasteiger charge is -2.56. The third-order valence-electron chi connectivity index (χ3n) is 9.52. The molecule has 0 amide bonds. The first kappa shape index (κ1) is 23.2. The van der Waals surface area contributed by atoms with E-state index in [1.807, 2.05) is 26.8 Å². The van der Waals surface area contributed by atoms with Crippen molar-refractivity contribution in [2.24, 2.45) is 28.6 Å². The number of carbonyl (C=O) groups excluding carboxylic acids is 3. The topological polar surface area (TPSA) is 93.2 Å². The number of esters is 1. The largest absolute Gasteiger partial charge is 0.449 e. The van der Waals surface area contributed by atoms with Crippen molar-refractivity contribution in [3.05, 3.63) is 23.8 Å². The SMILES string of the molecule is CCC(=O)O[C@]1(C(=O)SCO)[C@H](C)C[C@H]2[C@@H]3C[C@H](F)C4=CC(=O)C=C[C@]4(C)[C@@]34O[C@H]4C[C@@]21C. The molecule has 1 aliphatic heterocycles. The maximum absolute atomic E-state index is 15.6. The predicted octanol–water partition coefficient (Wildman–Crippen LogP) is 3.52. The molecule has 0 bridgehead atoms. The highest BCUT2D eigenvalue weighted by Gasteiger charge is 2.83. The highest BCUT2D eigenvalue weighted by Crippen LogP contribution is 2.77. The Balaban J connectivity index is 1.62. The van der Waals surface area contributed by atoms with Crippen LogP contribution in [0.4, 0.5) is 4.39 Å². The van der Waals surface area contributed by atoms with Gasteiger partial charge in [0.25, 0.3) is 0 Å². The van der Waals surface area contributed by atoms with Crippen LogP contribution in [0.1, 0.15) is 53.4 Å². The van der Waals surface area contributed by atoms with Gasteiger partial charge in [0.05, 0.1) is 12.0 Å². The zero-order valence-electron chi connectivity index (χ0n) is 19.4. The summed E-state index contributed by atoms with van der Waals surface area (Å²) >= 11 is 0.765. The Morgan fingerprint density at radius 1 is 1.30 bits per heavy atom. The molecular formula is C25H31FO6S. The summed E-state index contributed by atoms with van der Waals surface area (Å²) in [5.74, 6) is -1.64. The van der Waals surface area contributed by atoms with Gasteiger partial charge in [-0.3, -0.25) is 14.4 Å². The molecule has 8 heteroatoms. The molecule has 9 atom stereocenters. The van der Waals surface area contributed by atoms with E-state index in [9.17, 15) is 19.5 Å². The van der Waals surface area contributed by atoms with Crippen LogP contribution in [0.5, 0.6) is 0 Å². The summed E-state index contributed by atoms with van der Waals surface area (Å²) < 4.78 is 28.1. The summed E-state index contributed by atoms with van der Waals surface area (Å²) in [4.78, 5) is 38.1. The predicted molar refractivity (Wildman–Crippen MR) is 120 cm³/mol. The van der Waals surface area contributed by atoms with Crippen molar-refractivity contribution in [3.63, 3.8) is 0 Å². The fraction of sp³-hybridized carbons (Fsp3) is 0.720. The molecule has 6 nitrogen and oxygen atoms in total. The lowest BCUT2D eigenvalue weighted by molar-refractivity contribution is -0.187. The number of thioether (sulfide) groups is 1. The fourth-order valence-electron chi connectivity index (χ4n) is 8.07. The molecule has 0 unspecified atom stereocenters. The van der Waals surface area contributed by atoms with E-state index in [1.54, 1.807) is 6.92 Å². The van der Waals surface area contributed by atoms with E-state index in [4.69, 9.17) is 9.47 Å². The molecule has 180 valence electrons. The molecule has 0 aromatic rings. The lowest BCUT2D eigenvalue weighted by Crippen LogP contribution is -2.63. The second-order valence-electron chi connectivity index (χ2n) is 10.7. The number of ketones is 1. The summed E-state index contributed by atoms with van der Waals surface area (Å²) in [5.41, 5.74) is -3.03. The molecule has 3 saturated carbocycles. The van der Waals surface area contributed by atoms with Crippen molar-refractivity contribution in [2.75, 3.05) is 5.94 Å². The Bertz CT molecular complexity index is 993. The summed E-state index contributed by atoms with van der Waals surface area (Å²) in [6, 6.07) is 0. The van der Waals surface area contributed by atoms with Gasteiger partial charge in [0, 0.05) is 23.2 Å². The maximum atomic E-state index is 15.6. The van der Waals surface area contributed by atoms with Gasteiger partial charge >= 0.3 is 5.97 Å². The Morgan fingerprint density at radius 3 is 2.70 bits per heavy atom. The third-order valence-corrected chi connectivity index (χ3v) is 10.2. The molecule has 0 aromatic heterocycles. The minimum atomic E-state index is -1.41. The monoisotopic (exact) mass is 478 g/mol. The van der Waals surface area contributed by atoms with E-state index in [0.29, 0.717) is 18.4 Å². The minimum absolute atomic E-state index is 0.109. The van der Waals surface area contributed by atoms with Gasteiger partial charge in [0.15, 0.2) is 11.4 Å². The van der Waals surface area contributed by atoms with Crippen LogP contribution < -0.4 is 0 Å². The lowest BCUT2D eigenvalue weighted by atomic mass is 9.46. The first-order valence-electron chi connectivity index (χ1n) is 11.8. The first-order valence-corrected chi connectivity index (χ1v) is 12.8. The van der Waals surface area contributed by atoms with E-state index in [2.05, 4.69) is 0 Å². The number of hydrogen-bond acceptors (Lipinski definition) is 7. The molecule has 5 rings (SSSR count). The number of fused-ring (bicyclic) bond motifs is 3. The van der Waals surface area contributed by atoms with Crippen LogP contribution in [-0.2, 0) is 23.9 Å². The summed E-state index contributed by atoms with van der Waals surface area (Å²) in [7, 11) is 0. The number of halogens is 1. The number of aliphatic hydroxyl groups is 1.